The van der Waals surface area contributed by atoms with Crippen molar-refractivity contribution in [2.45, 2.75) is 13.8 Å². The minimum Gasteiger partial charge on any atom is -0.322 e. The fraction of sp³-hybridized carbons (Fsp3) is 0.235. The molecule has 1 heterocycles. The van der Waals surface area contributed by atoms with Crippen LogP contribution >= 0.6 is 0 Å². The Balaban J connectivity index is 2.22. The zero-order valence-corrected chi connectivity index (χ0v) is 13.6. The van der Waals surface area contributed by atoms with Crippen LogP contribution in [0.2, 0.25) is 0 Å². The van der Waals surface area contributed by atoms with Crippen LogP contribution in [0.1, 0.15) is 16.7 Å². The Morgan fingerprint density at radius 1 is 1.09 bits per heavy atom. The minimum atomic E-state index is -0.441. The fourth-order valence-corrected chi connectivity index (χ4v) is 2.35. The Kier molecular flexibility index (Phi) is 4.64. The molecule has 23 heavy (non-hydrogen) atoms. The van der Waals surface area contributed by atoms with E-state index in [1.54, 1.807) is 7.05 Å². The van der Waals surface area contributed by atoms with Gasteiger partial charge in [0.05, 0.1) is 5.56 Å². The van der Waals surface area contributed by atoms with Crippen LogP contribution in [0.25, 0.3) is 6.08 Å². The Hall–Kier alpha value is -2.89. The fourth-order valence-electron chi connectivity index (χ4n) is 2.35. The van der Waals surface area contributed by atoms with Crippen molar-refractivity contribution in [1.29, 1.82) is 0 Å². The highest BCUT2D eigenvalue weighted by Crippen LogP contribution is 2.13. The SMILES string of the molecule is Cc1cc(C)cc(NC(=O)/C=C/c2cn(C)c(=O)n(C)c2=O)c1. The number of anilines is 1. The third-order valence-electron chi connectivity index (χ3n) is 3.38. The van der Waals surface area contributed by atoms with Crippen molar-refractivity contribution < 1.29 is 4.79 Å². The van der Waals surface area contributed by atoms with E-state index in [1.807, 2.05) is 32.0 Å². The zero-order valence-electron chi connectivity index (χ0n) is 13.6. The molecular weight excluding hydrogens is 294 g/mol. The van der Waals surface area contributed by atoms with Gasteiger partial charge in [-0.1, -0.05) is 6.07 Å². The molecule has 1 aromatic heterocycles. The van der Waals surface area contributed by atoms with Crippen molar-refractivity contribution in [3.8, 4) is 0 Å². The molecule has 0 atom stereocenters. The average molecular weight is 313 g/mol. The summed E-state index contributed by atoms with van der Waals surface area (Å²) in [4.78, 5) is 35.6. The van der Waals surface area contributed by atoms with E-state index in [0.29, 0.717) is 5.69 Å². The maximum absolute atomic E-state index is 12.0. The Morgan fingerprint density at radius 2 is 1.70 bits per heavy atom. The number of rotatable bonds is 3. The van der Waals surface area contributed by atoms with Gasteiger partial charge in [-0.25, -0.2) is 4.79 Å². The molecule has 120 valence electrons. The topological polar surface area (TPSA) is 73.1 Å². The van der Waals surface area contributed by atoms with Gasteiger partial charge in [-0.3, -0.25) is 14.2 Å². The molecule has 0 radical (unpaired) electrons. The van der Waals surface area contributed by atoms with Gasteiger partial charge in [0.25, 0.3) is 5.56 Å². The van der Waals surface area contributed by atoms with Crippen molar-refractivity contribution in [3.05, 3.63) is 68.0 Å². The number of nitrogens with zero attached hydrogens (tertiary/aromatic N) is 2. The van der Waals surface area contributed by atoms with Crippen LogP contribution in [-0.4, -0.2) is 15.0 Å². The quantitative estimate of drug-likeness (QED) is 0.869. The number of hydrogen-bond donors (Lipinski definition) is 1. The van der Waals surface area contributed by atoms with Crippen LogP contribution in [-0.2, 0) is 18.9 Å². The molecule has 0 saturated heterocycles. The van der Waals surface area contributed by atoms with Crippen molar-refractivity contribution in [2.24, 2.45) is 14.1 Å². The Bertz CT molecular complexity index is 884. The molecule has 2 aromatic rings. The highest BCUT2D eigenvalue weighted by atomic mass is 16.2. The van der Waals surface area contributed by atoms with Gasteiger partial charge in [-0.15, -0.1) is 0 Å². The summed E-state index contributed by atoms with van der Waals surface area (Å²) in [6.07, 6.45) is 4.09. The first kappa shape index (κ1) is 16.5. The molecule has 0 fully saturated rings. The lowest BCUT2D eigenvalue weighted by Gasteiger charge is -2.05. The summed E-state index contributed by atoms with van der Waals surface area (Å²) < 4.78 is 2.30. The first-order valence-electron chi connectivity index (χ1n) is 7.12. The van der Waals surface area contributed by atoms with Crippen molar-refractivity contribution >= 4 is 17.7 Å². The van der Waals surface area contributed by atoms with Crippen molar-refractivity contribution in [1.82, 2.24) is 9.13 Å². The van der Waals surface area contributed by atoms with E-state index in [9.17, 15) is 14.4 Å². The number of aryl methyl sites for hydroxylation is 3. The summed E-state index contributed by atoms with van der Waals surface area (Å²) >= 11 is 0. The molecule has 0 bridgehead atoms. The molecule has 6 heteroatoms. The standard InChI is InChI=1S/C17H19N3O3/c1-11-7-12(2)9-14(8-11)18-15(21)6-5-13-10-19(3)17(23)20(4)16(13)22/h5-10H,1-4H3,(H,18,21)/b6-5+. The Morgan fingerprint density at radius 3 is 2.30 bits per heavy atom. The van der Waals surface area contributed by atoms with E-state index >= 15 is 0 Å². The summed E-state index contributed by atoms with van der Waals surface area (Å²) in [5.41, 5.74) is 2.22. The molecule has 0 saturated carbocycles. The van der Waals surface area contributed by atoms with Gasteiger partial charge in [0.15, 0.2) is 0 Å². The van der Waals surface area contributed by atoms with E-state index in [4.69, 9.17) is 0 Å². The van der Waals surface area contributed by atoms with Crippen LogP contribution < -0.4 is 16.6 Å². The molecule has 0 aliphatic rings. The smallest absolute Gasteiger partial charge is 0.322 e. The van der Waals surface area contributed by atoms with E-state index < -0.39 is 11.2 Å². The third kappa shape index (κ3) is 3.85. The number of benzene rings is 1. The lowest BCUT2D eigenvalue weighted by atomic mass is 10.1. The lowest BCUT2D eigenvalue weighted by Crippen LogP contribution is -2.37. The summed E-state index contributed by atoms with van der Waals surface area (Å²) in [6, 6.07) is 5.74. The summed E-state index contributed by atoms with van der Waals surface area (Å²) in [5, 5.41) is 2.75. The summed E-state index contributed by atoms with van der Waals surface area (Å²) in [6.45, 7) is 3.90. The van der Waals surface area contributed by atoms with E-state index in [-0.39, 0.29) is 11.5 Å². The van der Waals surface area contributed by atoms with Gasteiger partial charge in [-0.05, 0) is 43.2 Å². The second kappa shape index (κ2) is 6.48. The first-order valence-corrected chi connectivity index (χ1v) is 7.12. The van der Waals surface area contributed by atoms with Gasteiger partial charge >= 0.3 is 5.69 Å². The first-order chi connectivity index (χ1) is 10.8. The summed E-state index contributed by atoms with van der Waals surface area (Å²) in [5.74, 6) is -0.342. The molecular formula is C17H19N3O3. The molecule has 0 aliphatic carbocycles. The summed E-state index contributed by atoms with van der Waals surface area (Å²) in [7, 11) is 2.95. The van der Waals surface area contributed by atoms with Gasteiger partial charge in [-0.2, -0.15) is 0 Å². The molecule has 0 spiro atoms. The monoisotopic (exact) mass is 313 g/mol. The number of carbonyl (C=O) groups excluding carboxylic acids is 1. The maximum atomic E-state index is 12.0. The van der Waals surface area contributed by atoms with Crippen LogP contribution in [0, 0.1) is 13.8 Å². The van der Waals surface area contributed by atoms with E-state index in [2.05, 4.69) is 5.32 Å². The second-order valence-electron chi connectivity index (χ2n) is 5.54. The normalized spacial score (nSPS) is 11.0. The molecule has 0 unspecified atom stereocenters. The lowest BCUT2D eigenvalue weighted by molar-refractivity contribution is -0.111. The van der Waals surface area contributed by atoms with E-state index in [1.165, 1.54) is 30.0 Å². The molecule has 2 rings (SSSR count). The van der Waals surface area contributed by atoms with Crippen LogP contribution in [0.3, 0.4) is 0 Å². The van der Waals surface area contributed by atoms with Gasteiger partial charge < -0.3 is 9.88 Å². The zero-order chi connectivity index (χ0) is 17.1. The maximum Gasteiger partial charge on any atom is 0.330 e. The molecule has 1 N–H and O–H groups in total. The number of carbonyl (C=O) groups is 1. The van der Waals surface area contributed by atoms with Gasteiger partial charge in [0.2, 0.25) is 5.91 Å². The predicted octanol–water partition coefficient (Wildman–Crippen LogP) is 1.35. The van der Waals surface area contributed by atoms with Crippen LogP contribution in [0.15, 0.2) is 40.1 Å². The molecule has 0 aliphatic heterocycles. The third-order valence-corrected chi connectivity index (χ3v) is 3.38. The Labute approximate surface area is 133 Å². The number of amides is 1. The van der Waals surface area contributed by atoms with Crippen molar-refractivity contribution in [3.63, 3.8) is 0 Å². The van der Waals surface area contributed by atoms with E-state index in [0.717, 1.165) is 15.7 Å². The molecule has 1 amide bonds. The molecule has 6 nitrogen and oxygen atoms in total. The number of aromatic nitrogens is 2. The molecule has 1 aromatic carbocycles. The largest absolute Gasteiger partial charge is 0.330 e. The van der Waals surface area contributed by atoms with Crippen LogP contribution in [0.5, 0.6) is 0 Å². The highest BCUT2D eigenvalue weighted by molar-refractivity contribution is 6.01. The number of hydrogen-bond acceptors (Lipinski definition) is 3. The minimum absolute atomic E-state index is 0.269. The van der Waals surface area contributed by atoms with Crippen molar-refractivity contribution in [2.75, 3.05) is 5.32 Å². The highest BCUT2D eigenvalue weighted by Gasteiger charge is 2.05. The van der Waals surface area contributed by atoms with Crippen LogP contribution in [0.4, 0.5) is 5.69 Å². The average Bonchev–Trinajstić information content (AvgIpc) is 2.46. The number of nitrogens with one attached hydrogen (secondary N) is 1. The van der Waals surface area contributed by atoms with Gasteiger partial charge in [0.1, 0.15) is 0 Å². The predicted molar refractivity (Wildman–Crippen MR) is 90.5 cm³/mol. The second-order valence-corrected chi connectivity index (χ2v) is 5.54. The van der Waals surface area contributed by atoms with Gasteiger partial charge in [0, 0.05) is 32.1 Å².